The van der Waals surface area contributed by atoms with Gasteiger partial charge in [-0.05, 0) is 52.3 Å². The molecule has 0 spiro atoms. The van der Waals surface area contributed by atoms with Crippen molar-refractivity contribution < 1.29 is 0 Å². The summed E-state index contributed by atoms with van der Waals surface area (Å²) in [5.74, 6) is 0.848. The number of aromatic nitrogens is 2. The molecule has 0 aliphatic carbocycles. The van der Waals surface area contributed by atoms with Crippen LogP contribution in [0.4, 0.5) is 0 Å². The number of halogens is 2. The minimum absolute atomic E-state index is 0.766. The Bertz CT molecular complexity index is 709. The fourth-order valence-electron chi connectivity index (χ4n) is 1.77. The van der Waals surface area contributed by atoms with Crippen LogP contribution < -0.4 is 0 Å². The van der Waals surface area contributed by atoms with E-state index in [0.29, 0.717) is 0 Å². The molecular formula is C14H10BrClN2S. The second kappa shape index (κ2) is 5.57. The average Bonchev–Trinajstić information content (AvgIpc) is 2.80. The molecule has 0 radical (unpaired) electrons. The monoisotopic (exact) mass is 352 g/mol. The SMILES string of the molecule is Clc1ccc(SCc2cn3cc(Br)ccc3n2)cc1. The first-order valence-electron chi connectivity index (χ1n) is 5.72. The van der Waals surface area contributed by atoms with E-state index >= 15 is 0 Å². The van der Waals surface area contributed by atoms with Crippen molar-refractivity contribution >= 4 is 44.9 Å². The first kappa shape index (κ1) is 13.0. The standard InChI is InChI=1S/C14H10BrClN2S/c15-10-1-6-14-17-12(8-18(14)7-10)9-19-13-4-2-11(16)3-5-13/h1-8H,9H2. The van der Waals surface area contributed by atoms with E-state index in [2.05, 4.69) is 27.1 Å². The quantitative estimate of drug-likeness (QED) is 0.614. The molecule has 0 aliphatic rings. The van der Waals surface area contributed by atoms with Crippen LogP contribution in [0.15, 0.2) is 58.2 Å². The third-order valence-corrected chi connectivity index (χ3v) is 4.43. The molecule has 2 heterocycles. The average molecular weight is 354 g/mol. The third-order valence-electron chi connectivity index (χ3n) is 2.67. The minimum Gasteiger partial charge on any atom is -0.306 e. The number of pyridine rings is 1. The number of thioether (sulfide) groups is 1. The number of fused-ring (bicyclic) bond motifs is 1. The summed E-state index contributed by atoms with van der Waals surface area (Å²) in [6, 6.07) is 11.9. The molecule has 0 saturated carbocycles. The van der Waals surface area contributed by atoms with Gasteiger partial charge in [-0.15, -0.1) is 11.8 Å². The predicted molar refractivity (Wildman–Crippen MR) is 83.9 cm³/mol. The second-order valence-corrected chi connectivity index (χ2v) is 6.49. The third kappa shape index (κ3) is 3.14. The normalized spacial score (nSPS) is 11.1. The van der Waals surface area contributed by atoms with Gasteiger partial charge in [-0.1, -0.05) is 11.6 Å². The summed E-state index contributed by atoms with van der Waals surface area (Å²) in [5.41, 5.74) is 2.04. The molecule has 0 bridgehead atoms. The lowest BCUT2D eigenvalue weighted by atomic mass is 10.4. The van der Waals surface area contributed by atoms with Gasteiger partial charge in [0.05, 0.1) is 5.69 Å². The van der Waals surface area contributed by atoms with Crippen LogP contribution in [0.25, 0.3) is 5.65 Å². The fraction of sp³-hybridized carbons (Fsp3) is 0.0714. The van der Waals surface area contributed by atoms with Gasteiger partial charge >= 0.3 is 0 Å². The minimum atomic E-state index is 0.766. The van der Waals surface area contributed by atoms with E-state index in [-0.39, 0.29) is 0 Å². The van der Waals surface area contributed by atoms with E-state index < -0.39 is 0 Å². The van der Waals surface area contributed by atoms with Gasteiger partial charge in [-0.3, -0.25) is 0 Å². The Morgan fingerprint density at radius 2 is 1.89 bits per heavy atom. The first-order chi connectivity index (χ1) is 9.20. The van der Waals surface area contributed by atoms with Crippen LogP contribution >= 0.6 is 39.3 Å². The van der Waals surface area contributed by atoms with Crippen LogP contribution in [0.2, 0.25) is 5.02 Å². The summed E-state index contributed by atoms with van der Waals surface area (Å²) < 4.78 is 3.08. The molecule has 2 nitrogen and oxygen atoms in total. The van der Waals surface area contributed by atoms with Crippen molar-refractivity contribution in [2.45, 2.75) is 10.6 Å². The summed E-state index contributed by atoms with van der Waals surface area (Å²) in [4.78, 5) is 5.78. The summed E-state index contributed by atoms with van der Waals surface area (Å²) in [6.07, 6.45) is 4.07. The number of hydrogen-bond acceptors (Lipinski definition) is 2. The van der Waals surface area contributed by atoms with Crippen LogP contribution in [0.3, 0.4) is 0 Å². The molecule has 5 heteroatoms. The van der Waals surface area contributed by atoms with E-state index in [1.807, 2.05) is 47.0 Å². The van der Waals surface area contributed by atoms with Gasteiger partial charge in [0, 0.05) is 32.5 Å². The highest BCUT2D eigenvalue weighted by Crippen LogP contribution is 2.24. The van der Waals surface area contributed by atoms with Crippen LogP contribution in [-0.2, 0) is 5.75 Å². The van der Waals surface area contributed by atoms with Gasteiger partial charge < -0.3 is 4.40 Å². The van der Waals surface area contributed by atoms with Gasteiger partial charge in [0.2, 0.25) is 0 Å². The maximum absolute atomic E-state index is 5.87. The molecule has 0 unspecified atom stereocenters. The Balaban J connectivity index is 1.76. The number of rotatable bonds is 3. The zero-order chi connectivity index (χ0) is 13.2. The van der Waals surface area contributed by atoms with E-state index in [9.17, 15) is 0 Å². The van der Waals surface area contributed by atoms with Crippen molar-refractivity contribution in [3.05, 3.63) is 64.0 Å². The molecule has 19 heavy (non-hydrogen) atoms. The lowest BCUT2D eigenvalue weighted by Gasteiger charge is -1.98. The fourth-order valence-corrected chi connectivity index (χ4v) is 3.04. The highest BCUT2D eigenvalue weighted by Gasteiger charge is 2.03. The second-order valence-electron chi connectivity index (χ2n) is 4.09. The molecule has 96 valence electrons. The Morgan fingerprint density at radius 1 is 1.11 bits per heavy atom. The van der Waals surface area contributed by atoms with Crippen molar-refractivity contribution in [2.75, 3.05) is 0 Å². The van der Waals surface area contributed by atoms with Crippen molar-refractivity contribution in [3.63, 3.8) is 0 Å². The van der Waals surface area contributed by atoms with Crippen LogP contribution in [0.1, 0.15) is 5.69 Å². The number of imidazole rings is 1. The van der Waals surface area contributed by atoms with Crippen molar-refractivity contribution in [3.8, 4) is 0 Å². The molecular weight excluding hydrogens is 344 g/mol. The molecule has 3 aromatic rings. The van der Waals surface area contributed by atoms with E-state index in [4.69, 9.17) is 11.6 Å². The molecule has 0 saturated heterocycles. The van der Waals surface area contributed by atoms with Gasteiger partial charge in [-0.2, -0.15) is 0 Å². The Labute approximate surface area is 128 Å². The lowest BCUT2D eigenvalue weighted by Crippen LogP contribution is -1.80. The van der Waals surface area contributed by atoms with Gasteiger partial charge in [-0.25, -0.2) is 4.98 Å². The highest BCUT2D eigenvalue weighted by molar-refractivity contribution is 9.10. The van der Waals surface area contributed by atoms with E-state index in [1.165, 1.54) is 4.90 Å². The summed E-state index contributed by atoms with van der Waals surface area (Å²) >= 11 is 11.1. The summed E-state index contributed by atoms with van der Waals surface area (Å²) in [6.45, 7) is 0. The molecule has 0 atom stereocenters. The smallest absolute Gasteiger partial charge is 0.137 e. The number of nitrogens with zero attached hydrogens (tertiary/aromatic N) is 2. The molecule has 1 aromatic carbocycles. The molecule has 0 aliphatic heterocycles. The zero-order valence-corrected chi connectivity index (χ0v) is 13.0. The molecule has 2 aromatic heterocycles. The maximum Gasteiger partial charge on any atom is 0.137 e. The topological polar surface area (TPSA) is 17.3 Å². The van der Waals surface area contributed by atoms with Gasteiger partial charge in [0.25, 0.3) is 0 Å². The Hall–Kier alpha value is -0.970. The molecule has 0 fully saturated rings. The maximum atomic E-state index is 5.87. The van der Waals surface area contributed by atoms with Crippen LogP contribution in [0, 0.1) is 0 Å². The lowest BCUT2D eigenvalue weighted by molar-refractivity contribution is 1.17. The van der Waals surface area contributed by atoms with Crippen molar-refractivity contribution in [1.29, 1.82) is 0 Å². The highest BCUT2D eigenvalue weighted by atomic mass is 79.9. The molecule has 3 rings (SSSR count). The van der Waals surface area contributed by atoms with Crippen molar-refractivity contribution in [1.82, 2.24) is 9.38 Å². The zero-order valence-electron chi connectivity index (χ0n) is 9.88. The Morgan fingerprint density at radius 3 is 2.68 bits per heavy atom. The molecule has 0 amide bonds. The summed E-state index contributed by atoms with van der Waals surface area (Å²) in [7, 11) is 0. The van der Waals surface area contributed by atoms with Gasteiger partial charge in [0.15, 0.2) is 0 Å². The number of benzene rings is 1. The number of hydrogen-bond donors (Lipinski definition) is 0. The van der Waals surface area contributed by atoms with Gasteiger partial charge in [0.1, 0.15) is 5.65 Å². The van der Waals surface area contributed by atoms with Crippen molar-refractivity contribution in [2.24, 2.45) is 0 Å². The first-order valence-corrected chi connectivity index (χ1v) is 7.88. The van der Waals surface area contributed by atoms with E-state index in [0.717, 1.165) is 26.6 Å². The van der Waals surface area contributed by atoms with Crippen LogP contribution in [-0.4, -0.2) is 9.38 Å². The Kier molecular flexibility index (Phi) is 3.82. The largest absolute Gasteiger partial charge is 0.306 e. The van der Waals surface area contributed by atoms with Crippen LogP contribution in [0.5, 0.6) is 0 Å². The predicted octanol–water partition coefficient (Wildman–Crippen LogP) is 5.04. The van der Waals surface area contributed by atoms with E-state index in [1.54, 1.807) is 11.8 Å². The molecule has 0 N–H and O–H groups in total. The summed E-state index contributed by atoms with van der Waals surface area (Å²) in [5, 5.41) is 0.766.